The molecule has 1 aliphatic rings. The highest BCUT2D eigenvalue weighted by Gasteiger charge is 2.02. The topological polar surface area (TPSA) is 80.1 Å². The van der Waals surface area contributed by atoms with E-state index in [9.17, 15) is 0 Å². The van der Waals surface area contributed by atoms with Gasteiger partial charge in [0, 0.05) is 37.1 Å². The molecule has 6 nitrogen and oxygen atoms in total. The van der Waals surface area contributed by atoms with Gasteiger partial charge in [-0.05, 0) is 12.1 Å². The second-order valence-corrected chi connectivity index (χ2v) is 4.61. The largest absolute Gasteiger partial charge is 0.379 e. The standard InChI is InChI=1S/C9H7N.C4H10N2O.C3H4N2/c1-2-6-9-8(4-1)5-3-7-10-9;5-6-1-3-7-4-2-6;1-2-5-3-4-1/h1-7H;1-5H2;1-3H,(H,4,5). The molecule has 0 bridgehead atoms. The van der Waals surface area contributed by atoms with E-state index < -0.39 is 0 Å². The van der Waals surface area contributed by atoms with Gasteiger partial charge in [0.25, 0.3) is 0 Å². The quantitative estimate of drug-likeness (QED) is 0.619. The van der Waals surface area contributed by atoms with E-state index in [1.807, 2.05) is 30.5 Å². The van der Waals surface area contributed by atoms with Crippen LogP contribution in [-0.4, -0.2) is 46.3 Å². The number of H-pyrrole nitrogens is 1. The number of ether oxygens (including phenoxy) is 1. The lowest BCUT2D eigenvalue weighted by Crippen LogP contribution is -2.41. The molecule has 0 spiro atoms. The molecule has 3 heterocycles. The lowest BCUT2D eigenvalue weighted by Gasteiger charge is -2.20. The Labute approximate surface area is 129 Å². The van der Waals surface area contributed by atoms with Crippen molar-refractivity contribution < 1.29 is 4.74 Å². The number of nitrogens with two attached hydrogens (primary N) is 1. The summed E-state index contributed by atoms with van der Waals surface area (Å²) < 4.78 is 5.02. The van der Waals surface area contributed by atoms with Gasteiger partial charge in [0.05, 0.1) is 25.1 Å². The minimum absolute atomic E-state index is 0.788. The number of aromatic amines is 1. The normalized spacial score (nSPS) is 14.4. The first-order chi connectivity index (χ1) is 10.9. The fraction of sp³-hybridized carbons (Fsp3) is 0.250. The van der Waals surface area contributed by atoms with Gasteiger partial charge in [-0.25, -0.2) is 9.99 Å². The summed E-state index contributed by atoms with van der Waals surface area (Å²) in [5, 5.41) is 2.97. The average molecular weight is 299 g/mol. The SMILES string of the molecule is NN1CCOCC1.c1c[nH]cn1.c1ccc2ncccc2c1. The van der Waals surface area contributed by atoms with Crippen LogP contribution in [-0.2, 0) is 4.74 Å². The third-order valence-corrected chi connectivity index (χ3v) is 2.96. The van der Waals surface area contributed by atoms with Crippen molar-refractivity contribution in [1.82, 2.24) is 20.0 Å². The Morgan fingerprint density at radius 3 is 2.36 bits per heavy atom. The van der Waals surface area contributed by atoms with E-state index in [0.717, 1.165) is 31.8 Å². The summed E-state index contributed by atoms with van der Waals surface area (Å²) >= 11 is 0. The highest BCUT2D eigenvalue weighted by molar-refractivity contribution is 5.77. The molecule has 0 atom stereocenters. The molecule has 6 heteroatoms. The van der Waals surface area contributed by atoms with Gasteiger partial charge >= 0.3 is 0 Å². The number of para-hydroxylation sites is 1. The van der Waals surface area contributed by atoms with Crippen LogP contribution in [0.1, 0.15) is 0 Å². The second kappa shape index (κ2) is 9.62. The minimum Gasteiger partial charge on any atom is -0.379 e. The zero-order chi connectivity index (χ0) is 15.5. The lowest BCUT2D eigenvalue weighted by molar-refractivity contribution is 0.0378. The van der Waals surface area contributed by atoms with Gasteiger partial charge in [0.15, 0.2) is 0 Å². The zero-order valence-electron chi connectivity index (χ0n) is 12.4. The summed E-state index contributed by atoms with van der Waals surface area (Å²) in [4.78, 5) is 10.6. The van der Waals surface area contributed by atoms with E-state index >= 15 is 0 Å². The Bertz CT molecular complexity index is 541. The molecule has 0 unspecified atom stereocenters. The lowest BCUT2D eigenvalue weighted by atomic mass is 10.2. The smallest absolute Gasteiger partial charge is 0.0919 e. The summed E-state index contributed by atoms with van der Waals surface area (Å²) in [6, 6.07) is 12.1. The van der Waals surface area contributed by atoms with E-state index in [1.54, 1.807) is 23.7 Å². The maximum absolute atomic E-state index is 5.39. The summed E-state index contributed by atoms with van der Waals surface area (Å²) in [5.74, 6) is 5.39. The number of rotatable bonds is 0. The van der Waals surface area contributed by atoms with E-state index in [2.05, 4.69) is 27.1 Å². The Morgan fingerprint density at radius 1 is 1.05 bits per heavy atom. The van der Waals surface area contributed by atoms with Crippen molar-refractivity contribution in [3.63, 3.8) is 0 Å². The molecule has 116 valence electrons. The molecule has 0 amide bonds. The molecule has 2 aromatic heterocycles. The highest BCUT2D eigenvalue weighted by Crippen LogP contribution is 2.07. The Morgan fingerprint density at radius 2 is 1.82 bits per heavy atom. The molecule has 3 aromatic rings. The number of nitrogens with one attached hydrogen (secondary N) is 1. The maximum Gasteiger partial charge on any atom is 0.0919 e. The van der Waals surface area contributed by atoms with Gasteiger partial charge < -0.3 is 9.72 Å². The van der Waals surface area contributed by atoms with E-state index in [4.69, 9.17) is 10.6 Å². The predicted molar refractivity (Wildman–Crippen MR) is 86.9 cm³/mol. The van der Waals surface area contributed by atoms with Crippen molar-refractivity contribution in [2.75, 3.05) is 26.3 Å². The van der Waals surface area contributed by atoms with Crippen molar-refractivity contribution in [2.45, 2.75) is 0 Å². The summed E-state index contributed by atoms with van der Waals surface area (Å²) in [6.45, 7) is 3.33. The van der Waals surface area contributed by atoms with E-state index in [0.29, 0.717) is 0 Å². The number of fused-ring (bicyclic) bond motifs is 1. The fourth-order valence-corrected chi connectivity index (χ4v) is 1.81. The van der Waals surface area contributed by atoms with E-state index in [-0.39, 0.29) is 0 Å². The number of nitrogens with zero attached hydrogens (tertiary/aromatic N) is 3. The van der Waals surface area contributed by atoms with Gasteiger partial charge in [-0.1, -0.05) is 24.3 Å². The molecular formula is C16H21N5O. The van der Waals surface area contributed by atoms with Crippen LogP contribution in [0.3, 0.4) is 0 Å². The van der Waals surface area contributed by atoms with Crippen LogP contribution in [0.25, 0.3) is 10.9 Å². The average Bonchev–Trinajstić information content (AvgIpc) is 3.16. The van der Waals surface area contributed by atoms with E-state index in [1.165, 1.54) is 5.39 Å². The van der Waals surface area contributed by atoms with Crippen molar-refractivity contribution in [2.24, 2.45) is 5.84 Å². The van der Waals surface area contributed by atoms with Gasteiger partial charge in [-0.2, -0.15) is 0 Å². The van der Waals surface area contributed by atoms with Gasteiger partial charge in [0.1, 0.15) is 0 Å². The second-order valence-electron chi connectivity index (χ2n) is 4.61. The van der Waals surface area contributed by atoms with Crippen LogP contribution in [0.15, 0.2) is 61.3 Å². The van der Waals surface area contributed by atoms with Crippen LogP contribution >= 0.6 is 0 Å². The van der Waals surface area contributed by atoms with Crippen molar-refractivity contribution in [3.05, 3.63) is 61.3 Å². The molecule has 1 aromatic carbocycles. The molecule has 0 aliphatic carbocycles. The first-order valence-corrected chi connectivity index (χ1v) is 7.16. The number of hydrogen-bond acceptors (Lipinski definition) is 5. The number of morpholine rings is 1. The third kappa shape index (κ3) is 6.01. The number of hydrogen-bond donors (Lipinski definition) is 2. The van der Waals surface area contributed by atoms with Crippen molar-refractivity contribution >= 4 is 10.9 Å². The number of aromatic nitrogens is 3. The van der Waals surface area contributed by atoms with Crippen LogP contribution in [0.2, 0.25) is 0 Å². The zero-order valence-corrected chi connectivity index (χ0v) is 12.4. The molecule has 22 heavy (non-hydrogen) atoms. The van der Waals surface area contributed by atoms with Gasteiger partial charge in [-0.15, -0.1) is 0 Å². The number of imidazole rings is 1. The van der Waals surface area contributed by atoms with Crippen LogP contribution < -0.4 is 5.84 Å². The third-order valence-electron chi connectivity index (χ3n) is 2.96. The Balaban J connectivity index is 0.000000129. The summed E-state index contributed by atoms with van der Waals surface area (Å²) in [6.07, 6.45) is 6.89. The molecule has 1 aliphatic heterocycles. The highest BCUT2D eigenvalue weighted by atomic mass is 16.5. The number of pyridine rings is 1. The van der Waals surface area contributed by atoms with Crippen molar-refractivity contribution in [3.8, 4) is 0 Å². The van der Waals surface area contributed by atoms with Crippen molar-refractivity contribution in [1.29, 1.82) is 0 Å². The van der Waals surface area contributed by atoms with Gasteiger partial charge in [-0.3, -0.25) is 10.8 Å². The van der Waals surface area contributed by atoms with Crippen LogP contribution in [0, 0.1) is 0 Å². The fourth-order valence-electron chi connectivity index (χ4n) is 1.81. The molecule has 0 saturated carbocycles. The molecule has 1 saturated heterocycles. The number of benzene rings is 1. The summed E-state index contributed by atoms with van der Waals surface area (Å²) in [7, 11) is 0. The first kappa shape index (κ1) is 16.1. The molecule has 0 radical (unpaired) electrons. The maximum atomic E-state index is 5.39. The van der Waals surface area contributed by atoms with Crippen LogP contribution in [0.5, 0.6) is 0 Å². The Hall–Kier alpha value is -2.28. The van der Waals surface area contributed by atoms with Gasteiger partial charge in [0.2, 0.25) is 0 Å². The Kier molecular flexibility index (Phi) is 7.04. The monoisotopic (exact) mass is 299 g/mol. The minimum atomic E-state index is 0.788. The molecule has 1 fully saturated rings. The molecule has 3 N–H and O–H groups in total. The first-order valence-electron chi connectivity index (χ1n) is 7.16. The number of hydrazine groups is 1. The summed E-state index contributed by atoms with van der Waals surface area (Å²) in [5.41, 5.74) is 1.06. The van der Waals surface area contributed by atoms with Crippen LogP contribution in [0.4, 0.5) is 0 Å². The molecule has 4 rings (SSSR count). The predicted octanol–water partition coefficient (Wildman–Crippen LogP) is 1.84. The molecular weight excluding hydrogens is 278 g/mol.